The van der Waals surface area contributed by atoms with E-state index in [4.69, 9.17) is 4.42 Å². The largest absolute Gasteiger partial charge is 0.455 e. The highest BCUT2D eigenvalue weighted by Gasteiger charge is 2.46. The van der Waals surface area contributed by atoms with Crippen molar-refractivity contribution in [1.82, 2.24) is 0 Å². The van der Waals surface area contributed by atoms with Crippen LogP contribution in [0.25, 0.3) is 88.0 Å². The van der Waals surface area contributed by atoms with Gasteiger partial charge in [0, 0.05) is 22.3 Å². The number of hydrogen-bond donors (Lipinski definition) is 0. The topological polar surface area (TPSA) is 16.4 Å². The fraction of sp³-hybridized carbons (Fsp3) is 0.0145. The molecule has 0 atom stereocenters. The van der Waals surface area contributed by atoms with Gasteiger partial charge < -0.3 is 9.32 Å². The van der Waals surface area contributed by atoms with Crippen molar-refractivity contribution in [2.45, 2.75) is 5.41 Å². The summed E-state index contributed by atoms with van der Waals surface area (Å²) >= 11 is 0. The van der Waals surface area contributed by atoms with Crippen LogP contribution in [-0.4, -0.2) is 0 Å². The van der Waals surface area contributed by atoms with Gasteiger partial charge in [-0.2, -0.15) is 0 Å². The van der Waals surface area contributed by atoms with E-state index in [1.54, 1.807) is 0 Å². The number of nitrogens with zero attached hydrogens (tertiary/aromatic N) is 1. The second-order valence-corrected chi connectivity index (χ2v) is 18.7. The van der Waals surface area contributed by atoms with Crippen LogP contribution in [0.4, 0.5) is 17.1 Å². The smallest absolute Gasteiger partial charge is 0.145 e. The molecule has 0 N–H and O–H groups in total. The predicted octanol–water partition coefficient (Wildman–Crippen LogP) is 18.7. The molecular weight excluding hydrogens is 859 g/mol. The van der Waals surface area contributed by atoms with E-state index in [1.165, 1.54) is 71.6 Å². The van der Waals surface area contributed by atoms with E-state index >= 15 is 0 Å². The van der Waals surface area contributed by atoms with Crippen molar-refractivity contribution in [3.63, 3.8) is 0 Å². The second-order valence-electron chi connectivity index (χ2n) is 18.7. The zero-order valence-electron chi connectivity index (χ0n) is 38.8. The fourth-order valence-electron chi connectivity index (χ4n) is 11.7. The fourth-order valence-corrected chi connectivity index (χ4v) is 11.7. The second kappa shape index (κ2) is 16.5. The molecule has 13 aromatic rings. The Balaban J connectivity index is 0.979. The normalized spacial score (nSPS) is 12.6. The molecule has 12 aromatic carbocycles. The average Bonchev–Trinajstić information content (AvgIpc) is 3.98. The van der Waals surface area contributed by atoms with Gasteiger partial charge in [-0.25, -0.2) is 0 Å². The molecule has 2 heteroatoms. The van der Waals surface area contributed by atoms with Gasteiger partial charge >= 0.3 is 0 Å². The average molecular weight is 904 g/mol. The van der Waals surface area contributed by atoms with Gasteiger partial charge in [0.2, 0.25) is 0 Å². The minimum atomic E-state index is -0.561. The maximum absolute atomic E-state index is 7.03. The lowest BCUT2D eigenvalue weighted by Crippen LogP contribution is -2.28. The number of benzene rings is 12. The molecular formula is C69H45NO. The molecule has 0 bridgehead atoms. The van der Waals surface area contributed by atoms with Crippen LogP contribution in [0.5, 0.6) is 0 Å². The van der Waals surface area contributed by atoms with Crippen LogP contribution >= 0.6 is 0 Å². The Kier molecular flexibility index (Phi) is 9.47. The third-order valence-corrected chi connectivity index (χ3v) is 15.0. The number of fused-ring (bicyclic) bond motifs is 8. The molecule has 0 saturated heterocycles. The van der Waals surface area contributed by atoms with E-state index in [9.17, 15) is 0 Å². The van der Waals surface area contributed by atoms with Gasteiger partial charge in [-0.1, -0.05) is 224 Å². The first kappa shape index (κ1) is 40.8. The van der Waals surface area contributed by atoms with Crippen LogP contribution in [0.1, 0.15) is 22.3 Å². The summed E-state index contributed by atoms with van der Waals surface area (Å²) in [6, 6.07) is 99.8. The van der Waals surface area contributed by atoms with E-state index in [0.29, 0.717) is 0 Å². The highest BCUT2D eigenvalue weighted by molar-refractivity contribution is 6.18. The monoisotopic (exact) mass is 903 g/mol. The molecule has 2 nitrogen and oxygen atoms in total. The molecule has 0 fully saturated rings. The molecule has 332 valence electrons. The third-order valence-electron chi connectivity index (χ3n) is 15.0. The van der Waals surface area contributed by atoms with E-state index < -0.39 is 5.41 Å². The standard InChI is InChI=1S/C69H45NO/c1-3-20-53(21-4-1)69(54-22-5-2-6-23-54)63-28-13-11-25-59(63)60-41-40-56(45-64(60)69)70(55-38-36-48(37-39-55)47-30-32-49(33-31-47)52-35-34-46-16-7-8-18-51(46)44-52)65-43-42-61(58-27-15-19-50-17-9-10-24-57(50)58)68-67(65)62-26-12-14-29-66(62)71-68/h1-45H. The molecule has 0 unspecified atom stereocenters. The number of hydrogen-bond acceptors (Lipinski definition) is 2. The number of anilines is 3. The van der Waals surface area contributed by atoms with E-state index in [2.05, 4.69) is 278 Å². The Hall–Kier alpha value is -9.24. The maximum atomic E-state index is 7.03. The Morgan fingerprint density at radius 3 is 1.61 bits per heavy atom. The lowest BCUT2D eigenvalue weighted by molar-refractivity contribution is 0.670. The minimum Gasteiger partial charge on any atom is -0.455 e. The van der Waals surface area contributed by atoms with E-state index in [1.807, 2.05) is 0 Å². The predicted molar refractivity (Wildman–Crippen MR) is 297 cm³/mol. The molecule has 1 aliphatic rings. The number of rotatable bonds is 8. The van der Waals surface area contributed by atoms with Gasteiger partial charge in [0.25, 0.3) is 0 Å². The molecule has 0 radical (unpaired) electrons. The molecule has 0 amide bonds. The SMILES string of the molecule is c1ccc(C2(c3ccccc3)c3ccccc3-c3ccc(N(c4ccc(-c5ccc(-c6ccc7ccccc7c6)cc5)cc4)c4ccc(-c5cccc6ccccc56)c5oc6ccccc6c45)cc32)cc1. The lowest BCUT2D eigenvalue weighted by Gasteiger charge is -2.35. The van der Waals surface area contributed by atoms with Gasteiger partial charge in [-0.3, -0.25) is 0 Å². The zero-order chi connectivity index (χ0) is 46.9. The van der Waals surface area contributed by atoms with Crippen molar-refractivity contribution in [3.8, 4) is 44.5 Å². The first-order valence-electron chi connectivity index (χ1n) is 24.5. The molecule has 1 aromatic heterocycles. The maximum Gasteiger partial charge on any atom is 0.145 e. The molecule has 1 aliphatic carbocycles. The molecule has 0 aliphatic heterocycles. The Bertz CT molecular complexity index is 4110. The summed E-state index contributed by atoms with van der Waals surface area (Å²) in [6.07, 6.45) is 0. The summed E-state index contributed by atoms with van der Waals surface area (Å²) < 4.78 is 7.03. The van der Waals surface area contributed by atoms with Crippen LogP contribution in [0.15, 0.2) is 277 Å². The van der Waals surface area contributed by atoms with Crippen LogP contribution in [0, 0.1) is 0 Å². The van der Waals surface area contributed by atoms with Gasteiger partial charge in [-0.15, -0.1) is 0 Å². The number of para-hydroxylation sites is 1. The Labute approximate surface area is 413 Å². The Morgan fingerprint density at radius 1 is 0.310 bits per heavy atom. The van der Waals surface area contributed by atoms with Gasteiger partial charge in [0.05, 0.1) is 16.5 Å². The van der Waals surface area contributed by atoms with Crippen molar-refractivity contribution < 1.29 is 4.42 Å². The van der Waals surface area contributed by atoms with E-state index in [-0.39, 0.29) is 0 Å². The van der Waals surface area contributed by atoms with Gasteiger partial charge in [0.1, 0.15) is 11.2 Å². The van der Waals surface area contributed by atoms with Crippen LogP contribution in [-0.2, 0) is 5.41 Å². The highest BCUT2D eigenvalue weighted by atomic mass is 16.3. The quantitative estimate of drug-likeness (QED) is 0.151. The minimum absolute atomic E-state index is 0.561. The van der Waals surface area contributed by atoms with Crippen LogP contribution < -0.4 is 4.90 Å². The highest BCUT2D eigenvalue weighted by Crippen LogP contribution is 2.58. The van der Waals surface area contributed by atoms with Gasteiger partial charge in [0.15, 0.2) is 0 Å². The van der Waals surface area contributed by atoms with Crippen molar-refractivity contribution >= 4 is 60.5 Å². The first-order valence-corrected chi connectivity index (χ1v) is 24.5. The van der Waals surface area contributed by atoms with Crippen LogP contribution in [0.2, 0.25) is 0 Å². The van der Waals surface area contributed by atoms with Crippen molar-refractivity contribution in [2.75, 3.05) is 4.90 Å². The summed E-state index contributed by atoms with van der Waals surface area (Å²) in [6.45, 7) is 0. The summed E-state index contributed by atoms with van der Waals surface area (Å²) in [4.78, 5) is 2.45. The summed E-state index contributed by atoms with van der Waals surface area (Å²) in [5.74, 6) is 0. The summed E-state index contributed by atoms with van der Waals surface area (Å²) in [7, 11) is 0. The molecule has 71 heavy (non-hydrogen) atoms. The molecule has 0 spiro atoms. The van der Waals surface area contributed by atoms with Crippen LogP contribution in [0.3, 0.4) is 0 Å². The molecule has 1 heterocycles. The van der Waals surface area contributed by atoms with Gasteiger partial charge in [-0.05, 0) is 131 Å². The zero-order valence-corrected chi connectivity index (χ0v) is 38.8. The molecule has 14 rings (SSSR count). The third kappa shape index (κ3) is 6.49. The van der Waals surface area contributed by atoms with Crippen molar-refractivity contribution in [3.05, 3.63) is 295 Å². The van der Waals surface area contributed by atoms with Crippen molar-refractivity contribution in [1.29, 1.82) is 0 Å². The summed E-state index contributed by atoms with van der Waals surface area (Å²) in [5, 5.41) is 7.03. The first-order chi connectivity index (χ1) is 35.2. The molecule has 0 saturated carbocycles. The lowest BCUT2D eigenvalue weighted by atomic mass is 9.67. The van der Waals surface area contributed by atoms with E-state index in [0.717, 1.165) is 55.7 Å². The summed E-state index contributed by atoms with van der Waals surface area (Å²) in [5.41, 5.74) is 18.8. The Morgan fingerprint density at radius 2 is 0.845 bits per heavy atom. The number of furan rings is 1. The van der Waals surface area contributed by atoms with Crippen molar-refractivity contribution in [2.24, 2.45) is 0 Å².